The Morgan fingerprint density at radius 3 is 2.58 bits per heavy atom. The monoisotopic (exact) mass is 305 g/mol. The van der Waals surface area contributed by atoms with Crippen LogP contribution in [0.15, 0.2) is 0 Å². The second-order valence-corrected chi connectivity index (χ2v) is 7.92. The molecule has 2 atom stereocenters. The Labute approximate surface area is 121 Å². The number of piperidine rings is 2. The lowest BCUT2D eigenvalue weighted by atomic mass is 10.0. The van der Waals surface area contributed by atoms with Gasteiger partial charge in [-0.25, -0.2) is 0 Å². The first-order valence-corrected chi connectivity index (χ1v) is 8.79. The quantitative estimate of drug-likeness (QED) is 0.793. The largest absolute Gasteiger partial charge is 0.393 e. The zero-order chi connectivity index (χ0) is 14.0. The smallest absolute Gasteiger partial charge is 0.282 e. The van der Waals surface area contributed by atoms with Gasteiger partial charge < -0.3 is 5.73 Å². The van der Waals surface area contributed by atoms with E-state index in [-0.39, 0.29) is 12.0 Å². The summed E-state index contributed by atoms with van der Waals surface area (Å²) in [6, 6.07) is 0.101. The number of nitrogens with zero attached hydrogens (tertiary/aromatic N) is 2. The summed E-state index contributed by atoms with van der Waals surface area (Å²) in [6.07, 6.45) is 4.75. The van der Waals surface area contributed by atoms with Crippen molar-refractivity contribution in [1.29, 1.82) is 0 Å². The Hall–Kier alpha value is -0.240. The van der Waals surface area contributed by atoms with Crippen LogP contribution in [0.2, 0.25) is 0 Å². The molecule has 0 aromatic heterocycles. The molecule has 2 N–H and O–H groups in total. The van der Waals surface area contributed by atoms with Gasteiger partial charge in [-0.05, 0) is 32.6 Å². The molecule has 0 bridgehead atoms. The summed E-state index contributed by atoms with van der Waals surface area (Å²) in [5, 5.41) is 0. The van der Waals surface area contributed by atoms with Crippen molar-refractivity contribution in [3.63, 3.8) is 0 Å². The Morgan fingerprint density at radius 1 is 1.21 bits per heavy atom. The van der Waals surface area contributed by atoms with Gasteiger partial charge in [0.25, 0.3) is 10.2 Å². The third-order valence-corrected chi connectivity index (χ3v) is 6.60. The molecule has 0 aliphatic carbocycles. The maximum atomic E-state index is 12.7. The molecule has 0 amide bonds. The van der Waals surface area contributed by atoms with Crippen LogP contribution >= 0.6 is 12.2 Å². The normalized spacial score (nSPS) is 31.2. The molecule has 2 aliphatic rings. The number of hydrogen-bond donors (Lipinski definition) is 1. The maximum absolute atomic E-state index is 12.7. The summed E-state index contributed by atoms with van der Waals surface area (Å²) >= 11 is 5.01. The molecule has 0 aromatic rings. The standard InChI is InChI=1S/C12H23N3O2S2/c1-10-5-2-3-8-15(10)19(16,17)14-7-4-6-11(9-14)12(13)18/h10-11H,2-9H2,1H3,(H2,13,18). The minimum atomic E-state index is -3.35. The Balaban J connectivity index is 2.12. The Morgan fingerprint density at radius 2 is 1.95 bits per heavy atom. The molecule has 110 valence electrons. The van der Waals surface area contributed by atoms with E-state index in [2.05, 4.69) is 0 Å². The van der Waals surface area contributed by atoms with E-state index in [9.17, 15) is 8.42 Å². The molecular weight excluding hydrogens is 282 g/mol. The molecule has 2 unspecified atom stereocenters. The zero-order valence-corrected chi connectivity index (χ0v) is 13.0. The highest BCUT2D eigenvalue weighted by Gasteiger charge is 2.37. The highest BCUT2D eigenvalue weighted by Crippen LogP contribution is 2.26. The van der Waals surface area contributed by atoms with Crippen LogP contribution in [0.3, 0.4) is 0 Å². The van der Waals surface area contributed by atoms with Crippen LogP contribution in [-0.2, 0) is 10.2 Å². The number of nitrogens with two attached hydrogens (primary N) is 1. The first kappa shape index (κ1) is 15.2. The minimum absolute atomic E-state index is 0.0265. The van der Waals surface area contributed by atoms with Crippen molar-refractivity contribution in [3.8, 4) is 0 Å². The van der Waals surface area contributed by atoms with Gasteiger partial charge in [0.05, 0.1) is 4.99 Å². The number of hydrogen-bond acceptors (Lipinski definition) is 3. The van der Waals surface area contributed by atoms with Gasteiger partial charge in [-0.1, -0.05) is 18.6 Å². The zero-order valence-electron chi connectivity index (χ0n) is 11.4. The highest BCUT2D eigenvalue weighted by molar-refractivity contribution is 7.86. The molecule has 0 spiro atoms. The molecule has 2 heterocycles. The Bertz CT molecular complexity index is 438. The lowest BCUT2D eigenvalue weighted by Crippen LogP contribution is -2.53. The van der Waals surface area contributed by atoms with Gasteiger partial charge in [-0.2, -0.15) is 17.0 Å². The van der Waals surface area contributed by atoms with Gasteiger partial charge in [-0.15, -0.1) is 0 Å². The van der Waals surface area contributed by atoms with Crippen molar-refractivity contribution >= 4 is 27.4 Å². The predicted octanol–water partition coefficient (Wildman–Crippen LogP) is 1.10. The van der Waals surface area contributed by atoms with E-state index >= 15 is 0 Å². The topological polar surface area (TPSA) is 66.6 Å². The summed E-state index contributed by atoms with van der Waals surface area (Å²) in [5.74, 6) is 0.0265. The SMILES string of the molecule is CC1CCCCN1S(=O)(=O)N1CCCC(C(N)=S)C1. The van der Waals surface area contributed by atoms with Crippen LogP contribution in [-0.4, -0.2) is 47.7 Å². The van der Waals surface area contributed by atoms with Gasteiger partial charge in [0.15, 0.2) is 0 Å². The number of thiocarbonyl (C=S) groups is 1. The van der Waals surface area contributed by atoms with Crippen molar-refractivity contribution < 1.29 is 8.42 Å². The molecule has 0 radical (unpaired) electrons. The second-order valence-electron chi connectivity index (χ2n) is 5.56. The molecule has 0 aromatic carbocycles. The van der Waals surface area contributed by atoms with Crippen molar-refractivity contribution in [2.75, 3.05) is 19.6 Å². The van der Waals surface area contributed by atoms with E-state index < -0.39 is 10.2 Å². The molecule has 2 rings (SSSR count). The fraction of sp³-hybridized carbons (Fsp3) is 0.917. The van der Waals surface area contributed by atoms with Crippen molar-refractivity contribution in [1.82, 2.24) is 8.61 Å². The van der Waals surface area contributed by atoms with Crippen LogP contribution < -0.4 is 5.73 Å². The molecule has 0 saturated carbocycles. The van der Waals surface area contributed by atoms with Gasteiger partial charge in [0, 0.05) is 31.6 Å². The fourth-order valence-corrected chi connectivity index (χ4v) is 5.08. The van der Waals surface area contributed by atoms with Gasteiger partial charge in [0.1, 0.15) is 0 Å². The predicted molar refractivity (Wildman–Crippen MR) is 80.0 cm³/mol. The van der Waals surface area contributed by atoms with Crippen molar-refractivity contribution in [3.05, 3.63) is 0 Å². The molecular formula is C12H23N3O2S2. The summed E-state index contributed by atoms with van der Waals surface area (Å²) in [5.41, 5.74) is 5.67. The molecule has 2 fully saturated rings. The average Bonchev–Trinajstić information content (AvgIpc) is 2.39. The number of rotatable bonds is 3. The summed E-state index contributed by atoms with van der Waals surface area (Å²) < 4.78 is 28.6. The third kappa shape index (κ3) is 3.26. The lowest BCUT2D eigenvalue weighted by molar-refractivity contribution is 0.228. The lowest BCUT2D eigenvalue weighted by Gasteiger charge is -2.39. The van der Waals surface area contributed by atoms with E-state index in [0.29, 0.717) is 24.6 Å². The van der Waals surface area contributed by atoms with Gasteiger partial charge in [-0.3, -0.25) is 0 Å². The Kier molecular flexibility index (Phi) is 4.81. The van der Waals surface area contributed by atoms with E-state index in [4.69, 9.17) is 18.0 Å². The highest BCUT2D eigenvalue weighted by atomic mass is 32.2. The molecule has 2 aliphatic heterocycles. The third-order valence-electron chi connectivity index (χ3n) is 4.15. The van der Waals surface area contributed by atoms with Gasteiger partial charge in [0.2, 0.25) is 0 Å². The van der Waals surface area contributed by atoms with Crippen LogP contribution in [0.25, 0.3) is 0 Å². The minimum Gasteiger partial charge on any atom is -0.393 e. The van der Waals surface area contributed by atoms with Crippen LogP contribution in [0.4, 0.5) is 0 Å². The van der Waals surface area contributed by atoms with E-state index in [1.807, 2.05) is 6.92 Å². The first-order chi connectivity index (χ1) is 8.93. The van der Waals surface area contributed by atoms with E-state index in [1.54, 1.807) is 8.61 Å². The summed E-state index contributed by atoms with van der Waals surface area (Å²) in [7, 11) is -3.35. The molecule has 7 heteroatoms. The van der Waals surface area contributed by atoms with Crippen molar-refractivity contribution in [2.45, 2.75) is 45.1 Å². The summed E-state index contributed by atoms with van der Waals surface area (Å²) in [4.78, 5) is 0.437. The molecule has 5 nitrogen and oxygen atoms in total. The van der Waals surface area contributed by atoms with Crippen LogP contribution in [0.1, 0.15) is 39.0 Å². The molecule has 19 heavy (non-hydrogen) atoms. The van der Waals surface area contributed by atoms with E-state index in [0.717, 1.165) is 32.1 Å². The fourth-order valence-electron chi connectivity index (χ4n) is 2.95. The average molecular weight is 305 g/mol. The van der Waals surface area contributed by atoms with Crippen molar-refractivity contribution in [2.24, 2.45) is 11.7 Å². The molecule has 2 saturated heterocycles. The van der Waals surface area contributed by atoms with Crippen LogP contribution in [0.5, 0.6) is 0 Å². The first-order valence-electron chi connectivity index (χ1n) is 6.99. The maximum Gasteiger partial charge on any atom is 0.282 e. The van der Waals surface area contributed by atoms with E-state index in [1.165, 1.54) is 0 Å². The van der Waals surface area contributed by atoms with Crippen LogP contribution in [0, 0.1) is 5.92 Å². The summed E-state index contributed by atoms with van der Waals surface area (Å²) in [6.45, 7) is 3.66. The van der Waals surface area contributed by atoms with Gasteiger partial charge >= 0.3 is 0 Å². The second kappa shape index (κ2) is 6.03.